The Bertz CT molecular complexity index is 172. The predicted octanol–water partition coefficient (Wildman–Crippen LogP) is 0.491. The van der Waals surface area contributed by atoms with Crippen LogP contribution >= 0.6 is 0 Å². The highest BCUT2D eigenvalue weighted by Crippen LogP contribution is 2.44. The first-order valence-corrected chi connectivity index (χ1v) is 5.90. The zero-order chi connectivity index (χ0) is 9.86. The molecule has 0 bridgehead atoms. The Hall–Kier alpha value is -0.120. The fraction of sp³-hybridized carbons (Fsp3) is 1.00. The molecule has 1 unspecified atom stereocenters. The average molecular weight is 198 g/mol. The predicted molar refractivity (Wildman–Crippen MR) is 57.3 cm³/mol. The van der Waals surface area contributed by atoms with E-state index in [1.165, 1.54) is 38.6 Å². The Labute approximate surface area is 86.3 Å². The Morgan fingerprint density at radius 2 is 2.14 bits per heavy atom. The van der Waals surface area contributed by atoms with Crippen LogP contribution in [0.4, 0.5) is 0 Å². The highest BCUT2D eigenvalue weighted by atomic mass is 16.3. The van der Waals surface area contributed by atoms with Gasteiger partial charge in [-0.15, -0.1) is 0 Å². The molecule has 1 heterocycles. The van der Waals surface area contributed by atoms with Gasteiger partial charge in [0.2, 0.25) is 0 Å². The lowest BCUT2D eigenvalue weighted by Gasteiger charge is -2.19. The van der Waals surface area contributed by atoms with Crippen molar-refractivity contribution in [2.75, 3.05) is 26.2 Å². The molecule has 82 valence electrons. The normalized spacial score (nSPS) is 31.1. The summed E-state index contributed by atoms with van der Waals surface area (Å²) in [7, 11) is 0. The van der Waals surface area contributed by atoms with Crippen LogP contribution in [0.25, 0.3) is 0 Å². The number of rotatable bonds is 4. The maximum Gasteiger partial charge on any atom is 0.0499 e. The monoisotopic (exact) mass is 198 g/mol. The zero-order valence-electron chi connectivity index (χ0n) is 8.89. The van der Waals surface area contributed by atoms with Crippen molar-refractivity contribution in [3.8, 4) is 0 Å². The second-order valence-corrected chi connectivity index (χ2v) is 4.92. The van der Waals surface area contributed by atoms with Gasteiger partial charge >= 0.3 is 0 Å². The van der Waals surface area contributed by atoms with Gasteiger partial charge in [0.25, 0.3) is 0 Å². The molecule has 14 heavy (non-hydrogen) atoms. The van der Waals surface area contributed by atoms with Gasteiger partial charge in [-0.3, -0.25) is 0 Å². The lowest BCUT2D eigenvalue weighted by molar-refractivity contribution is 0.202. The number of aliphatic hydroxyl groups excluding tert-OH is 1. The van der Waals surface area contributed by atoms with Gasteiger partial charge in [-0.2, -0.15) is 0 Å². The molecule has 0 amide bonds. The molecule has 3 nitrogen and oxygen atoms in total. The topological polar surface area (TPSA) is 44.3 Å². The molecule has 2 rings (SSSR count). The van der Waals surface area contributed by atoms with Gasteiger partial charge in [0.05, 0.1) is 0 Å². The number of hydrogen-bond donors (Lipinski definition) is 3. The number of hydrogen-bond acceptors (Lipinski definition) is 3. The highest BCUT2D eigenvalue weighted by Gasteiger charge is 2.41. The van der Waals surface area contributed by atoms with Crippen molar-refractivity contribution in [2.45, 2.75) is 38.1 Å². The van der Waals surface area contributed by atoms with Gasteiger partial charge in [-0.1, -0.05) is 0 Å². The molecule has 2 aliphatic rings. The van der Waals surface area contributed by atoms with Crippen LogP contribution in [0.3, 0.4) is 0 Å². The van der Waals surface area contributed by atoms with E-state index in [9.17, 15) is 5.11 Å². The zero-order valence-corrected chi connectivity index (χ0v) is 8.89. The molecule has 0 aromatic rings. The summed E-state index contributed by atoms with van der Waals surface area (Å²) in [6, 6.07) is 0.675. The number of nitrogens with one attached hydrogen (secondary N) is 2. The van der Waals surface area contributed by atoms with E-state index in [1.807, 2.05) is 0 Å². The van der Waals surface area contributed by atoms with Crippen LogP contribution in [0.2, 0.25) is 0 Å². The SMILES string of the molecule is OCC1(CNC2CCCNCC2)CC1. The summed E-state index contributed by atoms with van der Waals surface area (Å²) in [5, 5.41) is 16.2. The first-order valence-electron chi connectivity index (χ1n) is 5.90. The molecule has 0 spiro atoms. The molecule has 1 saturated carbocycles. The van der Waals surface area contributed by atoms with E-state index in [2.05, 4.69) is 10.6 Å². The van der Waals surface area contributed by atoms with E-state index in [4.69, 9.17) is 0 Å². The van der Waals surface area contributed by atoms with Crippen molar-refractivity contribution in [2.24, 2.45) is 5.41 Å². The Morgan fingerprint density at radius 1 is 1.29 bits per heavy atom. The molecular formula is C11H22N2O. The second kappa shape index (κ2) is 4.60. The van der Waals surface area contributed by atoms with E-state index in [0.717, 1.165) is 13.1 Å². The fourth-order valence-corrected chi connectivity index (χ4v) is 2.15. The summed E-state index contributed by atoms with van der Waals surface area (Å²) in [6.07, 6.45) is 6.22. The van der Waals surface area contributed by atoms with Gasteiger partial charge in [0.15, 0.2) is 0 Å². The minimum Gasteiger partial charge on any atom is -0.396 e. The van der Waals surface area contributed by atoms with Crippen molar-refractivity contribution >= 4 is 0 Å². The summed E-state index contributed by atoms with van der Waals surface area (Å²) in [5.74, 6) is 0. The largest absolute Gasteiger partial charge is 0.396 e. The quantitative estimate of drug-likeness (QED) is 0.616. The molecule has 3 N–H and O–H groups in total. The summed E-state index contributed by atoms with van der Waals surface area (Å²) < 4.78 is 0. The number of aliphatic hydroxyl groups is 1. The first-order chi connectivity index (χ1) is 6.85. The molecule has 0 aromatic heterocycles. The van der Waals surface area contributed by atoms with Gasteiger partial charge in [0.1, 0.15) is 0 Å². The maximum absolute atomic E-state index is 9.19. The van der Waals surface area contributed by atoms with Crippen LogP contribution in [0, 0.1) is 5.41 Å². The molecular weight excluding hydrogens is 176 g/mol. The van der Waals surface area contributed by atoms with Crippen LogP contribution in [0.1, 0.15) is 32.1 Å². The van der Waals surface area contributed by atoms with Crippen LogP contribution < -0.4 is 10.6 Å². The molecule has 0 radical (unpaired) electrons. The summed E-state index contributed by atoms with van der Waals surface area (Å²) in [5.41, 5.74) is 0.264. The average Bonchev–Trinajstić information content (AvgIpc) is 3.01. The second-order valence-electron chi connectivity index (χ2n) is 4.92. The Kier molecular flexibility index (Phi) is 3.42. The van der Waals surface area contributed by atoms with Crippen molar-refractivity contribution in [3.05, 3.63) is 0 Å². The van der Waals surface area contributed by atoms with Crippen LogP contribution in [-0.2, 0) is 0 Å². The fourth-order valence-electron chi connectivity index (χ4n) is 2.15. The van der Waals surface area contributed by atoms with Gasteiger partial charge in [-0.05, 0) is 45.2 Å². The Morgan fingerprint density at radius 3 is 2.86 bits per heavy atom. The third-order valence-electron chi connectivity index (χ3n) is 3.63. The van der Waals surface area contributed by atoms with E-state index in [0.29, 0.717) is 12.6 Å². The van der Waals surface area contributed by atoms with Crippen molar-refractivity contribution in [3.63, 3.8) is 0 Å². The molecule has 1 aliphatic carbocycles. The third kappa shape index (κ3) is 2.69. The molecule has 3 heteroatoms. The van der Waals surface area contributed by atoms with Crippen LogP contribution in [0.5, 0.6) is 0 Å². The molecule has 2 fully saturated rings. The minimum atomic E-state index is 0.264. The van der Waals surface area contributed by atoms with Crippen molar-refractivity contribution < 1.29 is 5.11 Å². The first kappa shape index (κ1) is 10.4. The summed E-state index contributed by atoms with van der Waals surface area (Å²) in [4.78, 5) is 0. The van der Waals surface area contributed by atoms with E-state index in [1.54, 1.807) is 0 Å². The summed E-state index contributed by atoms with van der Waals surface area (Å²) >= 11 is 0. The summed E-state index contributed by atoms with van der Waals surface area (Å²) in [6.45, 7) is 3.70. The van der Waals surface area contributed by atoms with E-state index in [-0.39, 0.29) is 5.41 Å². The van der Waals surface area contributed by atoms with Crippen LogP contribution in [0.15, 0.2) is 0 Å². The van der Waals surface area contributed by atoms with Gasteiger partial charge < -0.3 is 15.7 Å². The van der Waals surface area contributed by atoms with Crippen LogP contribution in [-0.4, -0.2) is 37.4 Å². The maximum atomic E-state index is 9.19. The minimum absolute atomic E-state index is 0.264. The van der Waals surface area contributed by atoms with Crippen molar-refractivity contribution in [1.29, 1.82) is 0 Å². The lowest BCUT2D eigenvalue weighted by atomic mass is 10.1. The molecule has 1 aliphatic heterocycles. The van der Waals surface area contributed by atoms with E-state index < -0.39 is 0 Å². The standard InChI is InChI=1S/C11H22N2O/c14-9-11(4-5-11)8-13-10-2-1-6-12-7-3-10/h10,12-14H,1-9H2. The van der Waals surface area contributed by atoms with E-state index >= 15 is 0 Å². The lowest BCUT2D eigenvalue weighted by Crippen LogP contribution is -2.35. The molecule has 0 aromatic carbocycles. The Balaban J connectivity index is 1.68. The molecule has 1 atom stereocenters. The van der Waals surface area contributed by atoms with Gasteiger partial charge in [-0.25, -0.2) is 0 Å². The van der Waals surface area contributed by atoms with Crippen molar-refractivity contribution in [1.82, 2.24) is 10.6 Å². The smallest absolute Gasteiger partial charge is 0.0499 e. The highest BCUT2D eigenvalue weighted by molar-refractivity contribution is 4.95. The third-order valence-corrected chi connectivity index (χ3v) is 3.63. The van der Waals surface area contributed by atoms with Gasteiger partial charge in [0, 0.05) is 24.6 Å². The molecule has 1 saturated heterocycles.